The van der Waals surface area contributed by atoms with Gasteiger partial charge in [-0.3, -0.25) is 4.79 Å². The van der Waals surface area contributed by atoms with Crippen LogP contribution >= 0.6 is 23.5 Å². The Morgan fingerprint density at radius 1 is 1.00 bits per heavy atom. The standard InChI is InChI=1S/C24H26N4O2S2/c1-18-5-3-8-21(15-18)32-24-23(25-9-10-26-24)31-17-22(29)28-13-11-27(12-14-28)19-6-4-7-20(16-19)30-2/h3-10,15-16H,11-14,17H2,1-2H3. The first-order valence-corrected chi connectivity index (χ1v) is 12.3. The third-order valence-electron chi connectivity index (χ3n) is 5.22. The Balaban J connectivity index is 1.32. The maximum absolute atomic E-state index is 12.8. The van der Waals surface area contributed by atoms with Gasteiger partial charge >= 0.3 is 0 Å². The molecular weight excluding hydrogens is 440 g/mol. The number of ether oxygens (including phenoxy) is 1. The molecule has 166 valence electrons. The summed E-state index contributed by atoms with van der Waals surface area (Å²) in [6, 6.07) is 16.4. The molecule has 1 saturated heterocycles. The monoisotopic (exact) mass is 466 g/mol. The van der Waals surface area contributed by atoms with Gasteiger partial charge in [0.1, 0.15) is 15.8 Å². The van der Waals surface area contributed by atoms with Gasteiger partial charge in [-0.2, -0.15) is 0 Å². The molecule has 0 unspecified atom stereocenters. The van der Waals surface area contributed by atoms with Gasteiger partial charge in [0, 0.05) is 55.2 Å². The van der Waals surface area contributed by atoms with E-state index in [1.165, 1.54) is 17.3 Å². The second-order valence-electron chi connectivity index (χ2n) is 7.44. The summed E-state index contributed by atoms with van der Waals surface area (Å²) in [7, 11) is 1.68. The van der Waals surface area contributed by atoms with Crippen LogP contribution in [-0.2, 0) is 4.79 Å². The highest BCUT2D eigenvalue weighted by molar-refractivity contribution is 8.02. The van der Waals surface area contributed by atoms with Crippen molar-refractivity contribution in [2.45, 2.75) is 21.9 Å². The van der Waals surface area contributed by atoms with Gasteiger partial charge in [-0.25, -0.2) is 9.97 Å². The molecule has 32 heavy (non-hydrogen) atoms. The number of aromatic nitrogens is 2. The summed E-state index contributed by atoms with van der Waals surface area (Å²) in [6.45, 7) is 5.11. The molecule has 3 aromatic rings. The van der Waals surface area contributed by atoms with Crippen molar-refractivity contribution in [3.63, 3.8) is 0 Å². The van der Waals surface area contributed by atoms with Crippen molar-refractivity contribution < 1.29 is 9.53 Å². The van der Waals surface area contributed by atoms with Gasteiger partial charge < -0.3 is 14.5 Å². The molecule has 1 aliphatic heterocycles. The fourth-order valence-electron chi connectivity index (χ4n) is 3.51. The predicted octanol–water partition coefficient (Wildman–Crippen LogP) is 4.39. The number of piperazine rings is 1. The number of benzene rings is 2. The zero-order valence-corrected chi connectivity index (χ0v) is 19.9. The lowest BCUT2D eigenvalue weighted by Gasteiger charge is -2.36. The van der Waals surface area contributed by atoms with Crippen LogP contribution in [0.3, 0.4) is 0 Å². The molecule has 2 aromatic carbocycles. The van der Waals surface area contributed by atoms with E-state index in [1.807, 2.05) is 29.2 Å². The van der Waals surface area contributed by atoms with Crippen molar-refractivity contribution in [3.8, 4) is 5.75 Å². The molecule has 0 radical (unpaired) electrons. The number of anilines is 1. The number of hydrogen-bond donors (Lipinski definition) is 0. The molecule has 1 amide bonds. The van der Waals surface area contributed by atoms with E-state index in [0.717, 1.165) is 39.5 Å². The zero-order valence-electron chi connectivity index (χ0n) is 18.2. The number of aryl methyl sites for hydroxylation is 1. The van der Waals surface area contributed by atoms with Gasteiger partial charge in [0.2, 0.25) is 5.91 Å². The molecule has 0 spiro atoms. The second-order valence-corrected chi connectivity index (χ2v) is 9.47. The third-order valence-corrected chi connectivity index (χ3v) is 7.29. The summed E-state index contributed by atoms with van der Waals surface area (Å²) in [4.78, 5) is 27.1. The fourth-order valence-corrected chi connectivity index (χ4v) is 5.44. The molecule has 0 N–H and O–H groups in total. The van der Waals surface area contributed by atoms with E-state index in [1.54, 1.807) is 31.3 Å². The summed E-state index contributed by atoms with van der Waals surface area (Å²) in [5.41, 5.74) is 2.33. The number of amides is 1. The summed E-state index contributed by atoms with van der Waals surface area (Å²) < 4.78 is 5.33. The normalized spacial score (nSPS) is 13.8. The van der Waals surface area contributed by atoms with Gasteiger partial charge in [-0.1, -0.05) is 47.3 Å². The number of hydrogen-bond acceptors (Lipinski definition) is 7. The van der Waals surface area contributed by atoms with Crippen LogP contribution in [0.5, 0.6) is 5.75 Å². The third kappa shape index (κ3) is 5.75. The number of methoxy groups -OCH3 is 1. The van der Waals surface area contributed by atoms with Crippen molar-refractivity contribution >= 4 is 35.1 Å². The molecule has 1 fully saturated rings. The van der Waals surface area contributed by atoms with E-state index in [4.69, 9.17) is 4.74 Å². The van der Waals surface area contributed by atoms with Crippen LogP contribution in [0.25, 0.3) is 0 Å². The molecule has 4 rings (SSSR count). The van der Waals surface area contributed by atoms with Crippen LogP contribution in [-0.4, -0.2) is 59.8 Å². The highest BCUT2D eigenvalue weighted by atomic mass is 32.2. The van der Waals surface area contributed by atoms with Crippen molar-refractivity contribution in [1.82, 2.24) is 14.9 Å². The van der Waals surface area contributed by atoms with Gasteiger partial charge in [0.05, 0.1) is 12.9 Å². The number of carbonyl (C=O) groups is 1. The number of carbonyl (C=O) groups excluding carboxylic acids is 1. The van der Waals surface area contributed by atoms with E-state index in [9.17, 15) is 4.79 Å². The topological polar surface area (TPSA) is 58.6 Å². The molecule has 2 heterocycles. The van der Waals surface area contributed by atoms with Crippen LogP contribution in [0.2, 0.25) is 0 Å². The first-order chi connectivity index (χ1) is 15.6. The fraction of sp³-hybridized carbons (Fsp3) is 0.292. The number of thioether (sulfide) groups is 1. The summed E-state index contributed by atoms with van der Waals surface area (Å²) in [5, 5.41) is 1.63. The smallest absolute Gasteiger partial charge is 0.233 e. The van der Waals surface area contributed by atoms with E-state index in [-0.39, 0.29) is 5.91 Å². The molecule has 0 atom stereocenters. The number of nitrogens with zero attached hydrogens (tertiary/aromatic N) is 4. The number of rotatable bonds is 7. The minimum Gasteiger partial charge on any atom is -0.497 e. The van der Waals surface area contributed by atoms with Crippen LogP contribution in [0.15, 0.2) is 75.9 Å². The van der Waals surface area contributed by atoms with E-state index in [0.29, 0.717) is 18.8 Å². The SMILES string of the molecule is COc1cccc(N2CCN(C(=O)CSc3nccnc3Sc3cccc(C)c3)CC2)c1. The maximum Gasteiger partial charge on any atom is 0.233 e. The molecule has 6 nitrogen and oxygen atoms in total. The average Bonchev–Trinajstić information content (AvgIpc) is 2.83. The Morgan fingerprint density at radius 3 is 2.50 bits per heavy atom. The second kappa shape index (κ2) is 10.7. The Labute approximate surface area is 197 Å². The van der Waals surface area contributed by atoms with Gasteiger partial charge in [0.25, 0.3) is 0 Å². The zero-order chi connectivity index (χ0) is 22.3. The minimum absolute atomic E-state index is 0.137. The molecule has 0 aliphatic carbocycles. The van der Waals surface area contributed by atoms with Gasteiger partial charge in [-0.15, -0.1) is 0 Å². The summed E-state index contributed by atoms with van der Waals surface area (Å²) in [5.74, 6) is 1.34. The minimum atomic E-state index is 0.137. The lowest BCUT2D eigenvalue weighted by molar-refractivity contribution is -0.128. The average molecular weight is 467 g/mol. The Morgan fingerprint density at radius 2 is 1.75 bits per heavy atom. The van der Waals surface area contributed by atoms with Crippen LogP contribution < -0.4 is 9.64 Å². The Bertz CT molecular complexity index is 1070. The van der Waals surface area contributed by atoms with Crippen molar-refractivity contribution in [3.05, 3.63) is 66.5 Å². The van der Waals surface area contributed by atoms with Crippen LogP contribution in [0, 0.1) is 6.92 Å². The first-order valence-electron chi connectivity index (χ1n) is 10.5. The molecule has 8 heteroatoms. The molecule has 0 saturated carbocycles. The van der Waals surface area contributed by atoms with Crippen LogP contribution in [0.4, 0.5) is 5.69 Å². The van der Waals surface area contributed by atoms with E-state index < -0.39 is 0 Å². The lowest BCUT2D eigenvalue weighted by atomic mass is 10.2. The first kappa shape index (κ1) is 22.5. The van der Waals surface area contributed by atoms with Crippen molar-refractivity contribution in [2.75, 3.05) is 43.9 Å². The van der Waals surface area contributed by atoms with Gasteiger partial charge in [-0.05, 0) is 31.2 Å². The lowest BCUT2D eigenvalue weighted by Crippen LogP contribution is -2.49. The van der Waals surface area contributed by atoms with Crippen molar-refractivity contribution in [2.24, 2.45) is 0 Å². The highest BCUT2D eigenvalue weighted by Crippen LogP contribution is 2.33. The van der Waals surface area contributed by atoms with E-state index in [2.05, 4.69) is 46.1 Å². The quantitative estimate of drug-likeness (QED) is 0.479. The molecule has 0 bridgehead atoms. The van der Waals surface area contributed by atoms with Gasteiger partial charge in [0.15, 0.2) is 0 Å². The predicted molar refractivity (Wildman–Crippen MR) is 130 cm³/mol. The summed E-state index contributed by atoms with van der Waals surface area (Å²) in [6.07, 6.45) is 3.38. The maximum atomic E-state index is 12.8. The highest BCUT2D eigenvalue weighted by Gasteiger charge is 2.22. The Hall–Kier alpha value is -2.71. The Kier molecular flexibility index (Phi) is 7.55. The largest absolute Gasteiger partial charge is 0.497 e. The molecule has 1 aliphatic rings. The van der Waals surface area contributed by atoms with E-state index >= 15 is 0 Å². The molecular formula is C24H26N4O2S2. The van der Waals surface area contributed by atoms with Crippen molar-refractivity contribution in [1.29, 1.82) is 0 Å². The molecule has 1 aromatic heterocycles. The summed E-state index contributed by atoms with van der Waals surface area (Å²) >= 11 is 3.04. The van der Waals surface area contributed by atoms with Crippen LogP contribution in [0.1, 0.15) is 5.56 Å².